The van der Waals surface area contributed by atoms with Crippen LogP contribution < -0.4 is 4.90 Å². The van der Waals surface area contributed by atoms with Crippen molar-refractivity contribution in [2.24, 2.45) is 0 Å². The molecule has 0 bridgehead atoms. The fraction of sp³-hybridized carbons (Fsp3) is 0.263. The smallest absolute Gasteiger partial charge is 0.331 e. The van der Waals surface area contributed by atoms with Gasteiger partial charge in [0.1, 0.15) is 0 Å². The van der Waals surface area contributed by atoms with Gasteiger partial charge in [0.15, 0.2) is 6.10 Å². The summed E-state index contributed by atoms with van der Waals surface area (Å²) in [5.41, 5.74) is 2.06. The molecule has 0 N–H and O–H groups in total. The minimum Gasteiger partial charge on any atom is -0.449 e. The molecule has 124 valence electrons. The number of nitrogens with zero attached hydrogens (tertiary/aromatic N) is 1. The highest BCUT2D eigenvalue weighted by Gasteiger charge is 2.34. The molecule has 0 saturated heterocycles. The van der Waals surface area contributed by atoms with Crippen LogP contribution in [0.15, 0.2) is 47.9 Å². The normalized spacial score (nSPS) is 17.8. The van der Waals surface area contributed by atoms with Crippen molar-refractivity contribution >= 4 is 35.0 Å². The number of benzene rings is 1. The zero-order valence-corrected chi connectivity index (χ0v) is 14.5. The van der Waals surface area contributed by atoms with Gasteiger partial charge in [0, 0.05) is 22.7 Å². The van der Waals surface area contributed by atoms with E-state index in [0.717, 1.165) is 22.5 Å². The summed E-state index contributed by atoms with van der Waals surface area (Å²) >= 11 is 1.53. The number of carbonyl (C=O) groups is 2. The van der Waals surface area contributed by atoms with Gasteiger partial charge in [0.25, 0.3) is 5.91 Å². The first-order valence-corrected chi connectivity index (χ1v) is 8.77. The van der Waals surface area contributed by atoms with Crippen LogP contribution in [0.4, 0.5) is 5.69 Å². The predicted molar refractivity (Wildman–Crippen MR) is 96.0 cm³/mol. The van der Waals surface area contributed by atoms with Gasteiger partial charge in [0.05, 0.1) is 0 Å². The molecule has 0 aliphatic carbocycles. The van der Waals surface area contributed by atoms with Crippen molar-refractivity contribution in [3.8, 4) is 0 Å². The maximum Gasteiger partial charge on any atom is 0.331 e. The fourth-order valence-electron chi connectivity index (χ4n) is 2.90. The predicted octanol–water partition coefficient (Wildman–Crippen LogP) is 3.67. The molecule has 4 nitrogen and oxygen atoms in total. The van der Waals surface area contributed by atoms with Crippen LogP contribution >= 0.6 is 11.3 Å². The molecule has 2 aromatic rings. The van der Waals surface area contributed by atoms with Crippen LogP contribution in [-0.4, -0.2) is 24.0 Å². The molecule has 1 aliphatic rings. The number of amides is 1. The second kappa shape index (κ2) is 7.01. The van der Waals surface area contributed by atoms with Gasteiger partial charge in [-0.3, -0.25) is 4.79 Å². The maximum absolute atomic E-state index is 12.7. The largest absolute Gasteiger partial charge is 0.449 e. The topological polar surface area (TPSA) is 46.6 Å². The average molecular weight is 341 g/mol. The summed E-state index contributed by atoms with van der Waals surface area (Å²) in [6, 6.07) is 11.7. The zero-order chi connectivity index (χ0) is 17.1. The Morgan fingerprint density at radius 1 is 1.29 bits per heavy atom. The molecular weight excluding hydrogens is 322 g/mol. The van der Waals surface area contributed by atoms with E-state index in [0.29, 0.717) is 0 Å². The first-order valence-electron chi connectivity index (χ1n) is 7.89. The van der Waals surface area contributed by atoms with Crippen molar-refractivity contribution in [1.29, 1.82) is 0 Å². The number of hydrogen-bond acceptors (Lipinski definition) is 4. The molecule has 0 spiro atoms. The lowest BCUT2D eigenvalue weighted by atomic mass is 10.1. The Hall–Kier alpha value is -2.40. The molecule has 2 heterocycles. The third kappa shape index (κ3) is 3.41. The lowest BCUT2D eigenvalue weighted by molar-refractivity contribution is -0.149. The molecule has 2 atom stereocenters. The molecular formula is C19H19NO3S. The summed E-state index contributed by atoms with van der Waals surface area (Å²) in [5.74, 6) is -0.699. The molecule has 24 heavy (non-hydrogen) atoms. The van der Waals surface area contributed by atoms with Gasteiger partial charge in [-0.1, -0.05) is 24.3 Å². The highest BCUT2D eigenvalue weighted by Crippen LogP contribution is 2.32. The Bertz CT molecular complexity index is 767. The number of thiophene rings is 1. The number of ether oxygens (including phenoxy) is 1. The molecule has 1 aromatic carbocycles. The molecule has 0 fully saturated rings. The van der Waals surface area contributed by atoms with Crippen molar-refractivity contribution in [3.05, 3.63) is 58.3 Å². The van der Waals surface area contributed by atoms with Crippen LogP contribution in [0.5, 0.6) is 0 Å². The van der Waals surface area contributed by atoms with Gasteiger partial charge in [-0.25, -0.2) is 4.79 Å². The van der Waals surface area contributed by atoms with Crippen LogP contribution in [0.25, 0.3) is 6.08 Å². The Labute approximate surface area is 145 Å². The van der Waals surface area contributed by atoms with Crippen LogP contribution in [0.1, 0.15) is 24.3 Å². The minimum absolute atomic E-state index is 0.0673. The summed E-state index contributed by atoms with van der Waals surface area (Å²) in [7, 11) is 0. The highest BCUT2D eigenvalue weighted by molar-refractivity contribution is 7.10. The highest BCUT2D eigenvalue weighted by atomic mass is 32.1. The lowest BCUT2D eigenvalue weighted by Gasteiger charge is -2.25. The van der Waals surface area contributed by atoms with E-state index < -0.39 is 12.1 Å². The number of esters is 1. The summed E-state index contributed by atoms with van der Waals surface area (Å²) in [6.07, 6.45) is 3.05. The van der Waals surface area contributed by atoms with Crippen molar-refractivity contribution in [3.63, 3.8) is 0 Å². The summed E-state index contributed by atoms with van der Waals surface area (Å²) in [6.45, 7) is 3.62. The van der Waals surface area contributed by atoms with Crippen LogP contribution in [0.3, 0.4) is 0 Å². The molecule has 5 heteroatoms. The van der Waals surface area contributed by atoms with Gasteiger partial charge < -0.3 is 9.64 Å². The number of anilines is 1. The van der Waals surface area contributed by atoms with Crippen LogP contribution in [0.2, 0.25) is 0 Å². The number of hydrogen-bond donors (Lipinski definition) is 0. The lowest BCUT2D eigenvalue weighted by Crippen LogP contribution is -2.43. The molecule has 0 radical (unpaired) electrons. The van der Waals surface area contributed by atoms with Crippen LogP contribution in [0, 0.1) is 0 Å². The quantitative estimate of drug-likeness (QED) is 0.630. The maximum atomic E-state index is 12.7. The van der Waals surface area contributed by atoms with Crippen molar-refractivity contribution in [2.75, 3.05) is 4.90 Å². The van der Waals surface area contributed by atoms with E-state index in [9.17, 15) is 9.59 Å². The molecule has 1 amide bonds. The van der Waals surface area contributed by atoms with E-state index in [-0.39, 0.29) is 11.9 Å². The first kappa shape index (κ1) is 16.5. The summed E-state index contributed by atoms with van der Waals surface area (Å²) in [5, 5.41) is 1.93. The minimum atomic E-state index is -0.820. The van der Waals surface area contributed by atoms with Gasteiger partial charge >= 0.3 is 5.97 Å². The molecule has 1 aliphatic heterocycles. The van der Waals surface area contributed by atoms with Gasteiger partial charge in [-0.05, 0) is 49.4 Å². The number of rotatable bonds is 4. The van der Waals surface area contributed by atoms with E-state index in [1.807, 2.05) is 48.7 Å². The Kier molecular flexibility index (Phi) is 4.81. The fourth-order valence-corrected chi connectivity index (χ4v) is 3.52. The van der Waals surface area contributed by atoms with E-state index in [1.54, 1.807) is 17.9 Å². The van der Waals surface area contributed by atoms with Crippen molar-refractivity contribution < 1.29 is 14.3 Å². The third-order valence-corrected chi connectivity index (χ3v) is 4.85. The standard InChI is InChI=1S/C19H19NO3S/c1-13-12-15-6-3-4-8-17(15)20(13)19(22)14(2)23-18(21)10-9-16-7-5-11-24-16/h3-11,13-14H,12H2,1-2H3/b10-9+/t13-,14-/m0/s1. The van der Waals surface area contributed by atoms with Crippen molar-refractivity contribution in [2.45, 2.75) is 32.4 Å². The molecule has 1 aromatic heterocycles. The number of fused-ring (bicyclic) bond motifs is 1. The van der Waals surface area contributed by atoms with Crippen LogP contribution in [-0.2, 0) is 20.7 Å². The van der Waals surface area contributed by atoms with E-state index in [2.05, 4.69) is 0 Å². The Balaban J connectivity index is 1.66. The SMILES string of the molecule is C[C@H](OC(=O)/C=C/c1cccs1)C(=O)N1c2ccccc2C[C@@H]1C. The number of para-hydroxylation sites is 1. The second-order valence-electron chi connectivity index (χ2n) is 5.82. The van der Waals surface area contributed by atoms with Crippen molar-refractivity contribution in [1.82, 2.24) is 0 Å². The molecule has 0 saturated carbocycles. The second-order valence-corrected chi connectivity index (χ2v) is 6.80. The first-order chi connectivity index (χ1) is 11.6. The average Bonchev–Trinajstić information content (AvgIpc) is 3.18. The zero-order valence-electron chi connectivity index (χ0n) is 13.6. The Morgan fingerprint density at radius 2 is 2.08 bits per heavy atom. The molecule has 0 unspecified atom stereocenters. The monoisotopic (exact) mass is 341 g/mol. The molecule has 3 rings (SSSR count). The van der Waals surface area contributed by atoms with E-state index in [1.165, 1.54) is 17.4 Å². The summed E-state index contributed by atoms with van der Waals surface area (Å²) < 4.78 is 5.27. The van der Waals surface area contributed by atoms with Gasteiger partial charge in [0.2, 0.25) is 0 Å². The van der Waals surface area contributed by atoms with E-state index in [4.69, 9.17) is 4.74 Å². The summed E-state index contributed by atoms with van der Waals surface area (Å²) in [4.78, 5) is 27.3. The number of carbonyl (C=O) groups excluding carboxylic acids is 2. The Morgan fingerprint density at radius 3 is 2.83 bits per heavy atom. The third-order valence-electron chi connectivity index (χ3n) is 4.01. The van der Waals surface area contributed by atoms with Gasteiger partial charge in [-0.2, -0.15) is 0 Å². The van der Waals surface area contributed by atoms with E-state index >= 15 is 0 Å². The van der Waals surface area contributed by atoms with Gasteiger partial charge in [-0.15, -0.1) is 11.3 Å².